The topological polar surface area (TPSA) is 104 Å². The molecule has 1 aromatic rings. The average molecular weight is 318 g/mol. The number of aliphatic hydroxyl groups is 2. The molecular formula is C12H18N2O4S2. The first-order chi connectivity index (χ1) is 9.38. The van der Waals surface area contributed by atoms with Crippen LogP contribution in [0, 0.1) is 0 Å². The van der Waals surface area contributed by atoms with Gasteiger partial charge in [0.25, 0.3) is 0 Å². The van der Waals surface area contributed by atoms with Gasteiger partial charge in [0.15, 0.2) is 0 Å². The molecule has 1 aliphatic rings. The summed E-state index contributed by atoms with van der Waals surface area (Å²) in [6, 6.07) is 7.22. The smallest absolute Gasteiger partial charge is 0.215 e. The molecule has 1 fully saturated rings. The third-order valence-corrected chi connectivity index (χ3v) is 6.19. The maximum absolute atomic E-state index is 12.0. The van der Waals surface area contributed by atoms with Crippen LogP contribution < -0.4 is 5.73 Å². The summed E-state index contributed by atoms with van der Waals surface area (Å²) in [5.74, 6) is 0.385. The molecule has 1 aromatic carbocycles. The van der Waals surface area contributed by atoms with E-state index in [1.54, 1.807) is 12.1 Å². The molecule has 1 saturated heterocycles. The molecule has 1 heterocycles. The second-order valence-corrected chi connectivity index (χ2v) is 7.94. The van der Waals surface area contributed by atoms with Crippen molar-refractivity contribution < 1.29 is 18.6 Å². The number of sulfonamides is 1. The Labute approximate surface area is 122 Å². The molecule has 0 saturated carbocycles. The van der Waals surface area contributed by atoms with Crippen LogP contribution in [0.1, 0.15) is 0 Å². The van der Waals surface area contributed by atoms with Crippen LogP contribution in [0.25, 0.3) is 0 Å². The summed E-state index contributed by atoms with van der Waals surface area (Å²) in [7, 11) is -3.44. The predicted octanol–water partition coefficient (Wildman–Crippen LogP) is -0.272. The Bertz CT molecular complexity index is 537. The first-order valence-corrected chi connectivity index (χ1v) is 8.80. The Kier molecular flexibility index (Phi) is 4.92. The molecule has 1 aliphatic heterocycles. The van der Waals surface area contributed by atoms with E-state index in [2.05, 4.69) is 0 Å². The lowest BCUT2D eigenvalue weighted by molar-refractivity contribution is 0.0572. The number of rotatable bonds is 5. The van der Waals surface area contributed by atoms with Crippen molar-refractivity contribution in [2.24, 2.45) is 0 Å². The van der Waals surface area contributed by atoms with E-state index in [1.165, 1.54) is 11.8 Å². The fourth-order valence-electron chi connectivity index (χ4n) is 1.92. The van der Waals surface area contributed by atoms with Crippen LogP contribution in [-0.4, -0.2) is 59.7 Å². The number of anilines is 1. The molecule has 2 rings (SSSR count). The van der Waals surface area contributed by atoms with Gasteiger partial charge in [-0.05, 0) is 24.3 Å². The van der Waals surface area contributed by atoms with E-state index in [0.29, 0.717) is 11.4 Å². The number of nitrogens with zero attached hydrogens (tertiary/aromatic N) is 1. The van der Waals surface area contributed by atoms with Gasteiger partial charge in [-0.3, -0.25) is 0 Å². The van der Waals surface area contributed by atoms with Gasteiger partial charge in [-0.2, -0.15) is 4.31 Å². The van der Waals surface area contributed by atoms with E-state index < -0.39 is 22.2 Å². The highest BCUT2D eigenvalue weighted by molar-refractivity contribution is 8.00. The van der Waals surface area contributed by atoms with E-state index >= 15 is 0 Å². The highest BCUT2D eigenvalue weighted by atomic mass is 32.2. The molecule has 0 aromatic heterocycles. The Morgan fingerprint density at radius 3 is 2.30 bits per heavy atom. The monoisotopic (exact) mass is 318 g/mol. The number of nitrogen functional groups attached to an aromatic ring is 1. The van der Waals surface area contributed by atoms with Crippen molar-refractivity contribution in [2.45, 2.75) is 17.1 Å². The quantitative estimate of drug-likeness (QED) is 0.510. The molecule has 20 heavy (non-hydrogen) atoms. The molecular weight excluding hydrogens is 300 g/mol. The zero-order valence-electron chi connectivity index (χ0n) is 10.8. The maximum atomic E-state index is 12.0. The summed E-state index contributed by atoms with van der Waals surface area (Å²) in [6.07, 6.45) is -1.98. The average Bonchev–Trinajstić information content (AvgIpc) is 2.73. The van der Waals surface area contributed by atoms with Gasteiger partial charge >= 0.3 is 0 Å². The Balaban J connectivity index is 1.85. The third-order valence-electron chi connectivity index (χ3n) is 3.11. The first kappa shape index (κ1) is 15.6. The van der Waals surface area contributed by atoms with Crippen molar-refractivity contribution in [1.82, 2.24) is 4.31 Å². The molecule has 0 aliphatic carbocycles. The molecule has 0 spiro atoms. The van der Waals surface area contributed by atoms with Crippen molar-refractivity contribution >= 4 is 27.5 Å². The van der Waals surface area contributed by atoms with E-state index in [4.69, 9.17) is 5.73 Å². The van der Waals surface area contributed by atoms with Crippen molar-refractivity contribution in [3.8, 4) is 0 Å². The number of nitrogens with two attached hydrogens (primary N) is 1. The zero-order valence-corrected chi connectivity index (χ0v) is 12.5. The van der Waals surface area contributed by atoms with Crippen LogP contribution in [-0.2, 0) is 10.0 Å². The minimum atomic E-state index is -3.44. The van der Waals surface area contributed by atoms with Gasteiger partial charge in [0, 0.05) is 29.4 Å². The Hall–Kier alpha value is -0.800. The van der Waals surface area contributed by atoms with Crippen LogP contribution in [0.15, 0.2) is 29.2 Å². The van der Waals surface area contributed by atoms with Gasteiger partial charge in [0.1, 0.15) is 0 Å². The highest BCUT2D eigenvalue weighted by Crippen LogP contribution is 2.21. The molecule has 0 radical (unpaired) electrons. The van der Waals surface area contributed by atoms with Crippen LogP contribution >= 0.6 is 11.8 Å². The van der Waals surface area contributed by atoms with Gasteiger partial charge in [-0.15, -0.1) is 11.8 Å². The number of aliphatic hydroxyl groups excluding tert-OH is 2. The lowest BCUT2D eigenvalue weighted by Gasteiger charge is -2.15. The fourth-order valence-corrected chi connectivity index (χ4v) is 4.68. The van der Waals surface area contributed by atoms with Crippen molar-refractivity contribution in [1.29, 1.82) is 0 Å². The minimum Gasteiger partial charge on any atom is -0.399 e. The lowest BCUT2D eigenvalue weighted by Crippen LogP contribution is -2.32. The van der Waals surface area contributed by atoms with E-state index in [-0.39, 0.29) is 18.8 Å². The first-order valence-electron chi connectivity index (χ1n) is 6.21. The largest absolute Gasteiger partial charge is 0.399 e. The summed E-state index contributed by atoms with van der Waals surface area (Å²) < 4.78 is 25.2. The normalized spacial score (nSPS) is 24.1. The second kappa shape index (κ2) is 6.31. The van der Waals surface area contributed by atoms with Crippen LogP contribution in [0.2, 0.25) is 0 Å². The Morgan fingerprint density at radius 2 is 1.75 bits per heavy atom. The molecule has 8 heteroatoms. The van der Waals surface area contributed by atoms with E-state index in [0.717, 1.165) is 9.20 Å². The second-order valence-electron chi connectivity index (χ2n) is 4.69. The highest BCUT2D eigenvalue weighted by Gasteiger charge is 2.36. The van der Waals surface area contributed by atoms with Gasteiger partial charge in [-0.25, -0.2) is 8.42 Å². The van der Waals surface area contributed by atoms with Gasteiger partial charge in [0.05, 0.1) is 18.0 Å². The maximum Gasteiger partial charge on any atom is 0.215 e. The summed E-state index contributed by atoms with van der Waals surface area (Å²) in [4.78, 5) is 0.955. The number of β-amino-alcohol motifs (C(OH)–C–C–N with tert-alkyl or cyclic N) is 2. The lowest BCUT2D eigenvalue weighted by atomic mass is 10.3. The zero-order chi connectivity index (χ0) is 14.8. The summed E-state index contributed by atoms with van der Waals surface area (Å²) in [5, 5.41) is 18.8. The summed E-state index contributed by atoms with van der Waals surface area (Å²) >= 11 is 1.43. The molecule has 0 unspecified atom stereocenters. The predicted molar refractivity (Wildman–Crippen MR) is 79.0 cm³/mol. The summed E-state index contributed by atoms with van der Waals surface area (Å²) in [5.41, 5.74) is 6.24. The number of benzene rings is 1. The molecule has 112 valence electrons. The number of hydrogen-bond acceptors (Lipinski definition) is 6. The molecule has 2 atom stereocenters. The van der Waals surface area contributed by atoms with Gasteiger partial charge in [0.2, 0.25) is 10.0 Å². The third kappa shape index (κ3) is 3.86. The van der Waals surface area contributed by atoms with Gasteiger partial charge in [-0.1, -0.05) is 0 Å². The number of hydrogen-bond donors (Lipinski definition) is 3. The SMILES string of the molecule is Nc1ccc(SCCS(=O)(=O)N2C[C@@H](O)[C@@H](O)C2)cc1. The standard InChI is InChI=1S/C12H18N2O4S2/c13-9-1-3-10(4-2-9)19-5-6-20(17,18)14-7-11(15)12(16)8-14/h1-4,11-12,15-16H,5-8,13H2/t11-,12+. The minimum absolute atomic E-state index is 0.0263. The van der Waals surface area contributed by atoms with Crippen molar-refractivity contribution in [2.75, 3.05) is 30.3 Å². The van der Waals surface area contributed by atoms with Crippen LogP contribution in [0.4, 0.5) is 5.69 Å². The fraction of sp³-hybridized carbons (Fsp3) is 0.500. The molecule has 0 amide bonds. The molecule has 6 nitrogen and oxygen atoms in total. The van der Waals surface area contributed by atoms with E-state index in [1.807, 2.05) is 12.1 Å². The van der Waals surface area contributed by atoms with Gasteiger partial charge < -0.3 is 15.9 Å². The van der Waals surface area contributed by atoms with Crippen molar-refractivity contribution in [3.05, 3.63) is 24.3 Å². The summed E-state index contributed by atoms with van der Waals surface area (Å²) in [6.45, 7) is -0.0634. The van der Waals surface area contributed by atoms with E-state index in [9.17, 15) is 18.6 Å². The molecule has 4 N–H and O–H groups in total. The number of thioether (sulfide) groups is 1. The van der Waals surface area contributed by atoms with Crippen LogP contribution in [0.5, 0.6) is 0 Å². The van der Waals surface area contributed by atoms with Crippen LogP contribution in [0.3, 0.4) is 0 Å². The van der Waals surface area contributed by atoms with Crippen molar-refractivity contribution in [3.63, 3.8) is 0 Å². The molecule has 0 bridgehead atoms. The Morgan fingerprint density at radius 1 is 1.20 bits per heavy atom.